The van der Waals surface area contributed by atoms with E-state index in [2.05, 4.69) is 41.5 Å². The number of imidazole rings is 1. The molecule has 2 aromatic carbocycles. The molecule has 0 saturated carbocycles. The molecule has 0 saturated heterocycles. The van der Waals surface area contributed by atoms with Crippen molar-refractivity contribution in [3.05, 3.63) is 74.8 Å². The predicted octanol–water partition coefficient (Wildman–Crippen LogP) is 6.02. The standard InChI is InChI=1S/C19H12BrCl2N5O/c20-11-5-7-16(23-9-11)26-18(28)10-4-6-14-15(8-10)25-19(24-14)27-17-12(21)2-1-3-13(17)22/h1-9H,(H,23,26,28)(H2,24,25,27). The van der Waals surface area contributed by atoms with Gasteiger partial charge < -0.3 is 15.6 Å². The van der Waals surface area contributed by atoms with Gasteiger partial charge in [-0.25, -0.2) is 9.97 Å². The van der Waals surface area contributed by atoms with Crippen LogP contribution in [-0.4, -0.2) is 20.9 Å². The lowest BCUT2D eigenvalue weighted by molar-refractivity contribution is 0.102. The Labute approximate surface area is 178 Å². The van der Waals surface area contributed by atoms with Crippen LogP contribution in [0, 0.1) is 0 Å². The molecule has 0 unspecified atom stereocenters. The third-order valence-electron chi connectivity index (χ3n) is 3.92. The van der Waals surface area contributed by atoms with Crippen LogP contribution < -0.4 is 10.6 Å². The molecule has 6 nitrogen and oxygen atoms in total. The fourth-order valence-electron chi connectivity index (χ4n) is 2.58. The summed E-state index contributed by atoms with van der Waals surface area (Å²) in [4.78, 5) is 24.2. The molecule has 2 aromatic heterocycles. The normalized spacial score (nSPS) is 10.8. The van der Waals surface area contributed by atoms with E-state index in [4.69, 9.17) is 23.2 Å². The van der Waals surface area contributed by atoms with E-state index in [9.17, 15) is 4.79 Å². The summed E-state index contributed by atoms with van der Waals surface area (Å²) in [6.45, 7) is 0. The molecule has 0 aliphatic rings. The van der Waals surface area contributed by atoms with Gasteiger partial charge in [0.25, 0.3) is 5.91 Å². The van der Waals surface area contributed by atoms with Crippen molar-refractivity contribution in [3.8, 4) is 0 Å². The van der Waals surface area contributed by atoms with Gasteiger partial charge in [0.05, 0.1) is 26.8 Å². The van der Waals surface area contributed by atoms with Gasteiger partial charge in [0.1, 0.15) is 5.82 Å². The van der Waals surface area contributed by atoms with E-state index in [1.807, 2.05) is 0 Å². The van der Waals surface area contributed by atoms with Gasteiger partial charge >= 0.3 is 0 Å². The highest BCUT2D eigenvalue weighted by atomic mass is 79.9. The first kappa shape index (κ1) is 18.7. The lowest BCUT2D eigenvalue weighted by atomic mass is 10.2. The number of carbonyl (C=O) groups is 1. The van der Waals surface area contributed by atoms with Gasteiger partial charge in [-0.3, -0.25) is 4.79 Å². The van der Waals surface area contributed by atoms with Gasteiger partial charge in [-0.1, -0.05) is 29.3 Å². The number of benzene rings is 2. The monoisotopic (exact) mass is 475 g/mol. The smallest absolute Gasteiger partial charge is 0.256 e. The van der Waals surface area contributed by atoms with Crippen molar-refractivity contribution in [3.63, 3.8) is 0 Å². The molecule has 28 heavy (non-hydrogen) atoms. The first-order chi connectivity index (χ1) is 13.5. The van der Waals surface area contributed by atoms with Crippen molar-refractivity contribution in [1.29, 1.82) is 0 Å². The summed E-state index contributed by atoms with van der Waals surface area (Å²) in [5.74, 6) is 0.659. The Bertz CT molecular complexity index is 1160. The minimum atomic E-state index is -0.275. The first-order valence-electron chi connectivity index (χ1n) is 8.13. The van der Waals surface area contributed by atoms with Crippen LogP contribution in [0.4, 0.5) is 17.5 Å². The fourth-order valence-corrected chi connectivity index (χ4v) is 3.31. The number of fused-ring (bicyclic) bond motifs is 1. The number of pyridine rings is 1. The number of hydrogen-bond donors (Lipinski definition) is 3. The fraction of sp³-hybridized carbons (Fsp3) is 0. The van der Waals surface area contributed by atoms with Crippen LogP contribution in [0.3, 0.4) is 0 Å². The van der Waals surface area contributed by atoms with Gasteiger partial charge in [0.15, 0.2) is 0 Å². The van der Waals surface area contributed by atoms with E-state index >= 15 is 0 Å². The molecule has 0 spiro atoms. The summed E-state index contributed by atoms with van der Waals surface area (Å²) < 4.78 is 0.835. The zero-order valence-corrected chi connectivity index (χ0v) is 17.2. The van der Waals surface area contributed by atoms with Gasteiger partial charge in [-0.15, -0.1) is 0 Å². The molecule has 0 atom stereocenters. The van der Waals surface area contributed by atoms with Crippen molar-refractivity contribution in [2.75, 3.05) is 10.6 Å². The summed E-state index contributed by atoms with van der Waals surface area (Å²) in [5.41, 5.74) is 2.42. The quantitative estimate of drug-likeness (QED) is 0.336. The molecular weight excluding hydrogens is 465 g/mol. The molecule has 0 fully saturated rings. The van der Waals surface area contributed by atoms with Crippen LogP contribution in [0.25, 0.3) is 11.0 Å². The Balaban J connectivity index is 1.57. The number of aromatic nitrogens is 3. The zero-order valence-electron chi connectivity index (χ0n) is 14.1. The molecule has 140 valence electrons. The predicted molar refractivity (Wildman–Crippen MR) is 116 cm³/mol. The number of anilines is 3. The summed E-state index contributed by atoms with van der Waals surface area (Å²) in [6.07, 6.45) is 1.62. The molecule has 3 N–H and O–H groups in total. The molecule has 0 radical (unpaired) electrons. The van der Waals surface area contributed by atoms with Crippen molar-refractivity contribution in [2.45, 2.75) is 0 Å². The van der Waals surface area contributed by atoms with E-state index in [0.717, 1.165) is 9.99 Å². The van der Waals surface area contributed by atoms with Crippen LogP contribution >= 0.6 is 39.1 Å². The minimum absolute atomic E-state index is 0.275. The maximum Gasteiger partial charge on any atom is 0.256 e. The number of para-hydroxylation sites is 1. The second kappa shape index (κ2) is 7.79. The summed E-state index contributed by atoms with van der Waals surface area (Å²) >= 11 is 15.7. The highest BCUT2D eigenvalue weighted by molar-refractivity contribution is 9.10. The van der Waals surface area contributed by atoms with E-state index in [-0.39, 0.29) is 5.91 Å². The number of hydrogen-bond acceptors (Lipinski definition) is 4. The van der Waals surface area contributed by atoms with Gasteiger partial charge in [-0.2, -0.15) is 0 Å². The number of H-pyrrole nitrogens is 1. The van der Waals surface area contributed by atoms with E-state index < -0.39 is 0 Å². The van der Waals surface area contributed by atoms with E-state index in [0.29, 0.717) is 38.6 Å². The number of nitrogens with one attached hydrogen (secondary N) is 3. The Hall–Kier alpha value is -2.61. The van der Waals surface area contributed by atoms with Crippen LogP contribution in [0.2, 0.25) is 10.0 Å². The largest absolute Gasteiger partial charge is 0.324 e. The number of aromatic amines is 1. The maximum atomic E-state index is 12.5. The molecule has 1 amide bonds. The minimum Gasteiger partial charge on any atom is -0.324 e. The highest BCUT2D eigenvalue weighted by Crippen LogP contribution is 2.32. The van der Waals surface area contributed by atoms with Crippen molar-refractivity contribution in [1.82, 2.24) is 15.0 Å². The molecule has 2 heterocycles. The average molecular weight is 477 g/mol. The highest BCUT2D eigenvalue weighted by Gasteiger charge is 2.12. The van der Waals surface area contributed by atoms with E-state index in [1.165, 1.54) is 0 Å². The summed E-state index contributed by atoms with van der Waals surface area (Å²) in [5, 5.41) is 6.79. The van der Waals surface area contributed by atoms with Crippen molar-refractivity contribution >= 4 is 73.5 Å². The van der Waals surface area contributed by atoms with E-state index in [1.54, 1.807) is 54.7 Å². The first-order valence-corrected chi connectivity index (χ1v) is 9.68. The lowest BCUT2D eigenvalue weighted by Crippen LogP contribution is -2.12. The third kappa shape index (κ3) is 3.96. The molecule has 0 aliphatic carbocycles. The molecule has 4 aromatic rings. The summed E-state index contributed by atoms with van der Waals surface area (Å²) in [7, 11) is 0. The second-order valence-electron chi connectivity index (χ2n) is 5.85. The van der Waals surface area contributed by atoms with Crippen LogP contribution in [0.15, 0.2) is 59.2 Å². The van der Waals surface area contributed by atoms with Crippen LogP contribution in [-0.2, 0) is 0 Å². The Morgan fingerprint density at radius 3 is 2.57 bits per heavy atom. The SMILES string of the molecule is O=C(Nc1ccc(Br)cn1)c1ccc2[nH]c(Nc3c(Cl)cccc3Cl)nc2c1. The van der Waals surface area contributed by atoms with Gasteiger partial charge in [0.2, 0.25) is 5.95 Å². The number of amides is 1. The second-order valence-corrected chi connectivity index (χ2v) is 7.58. The Kier molecular flexibility index (Phi) is 5.21. The third-order valence-corrected chi connectivity index (χ3v) is 5.02. The zero-order chi connectivity index (χ0) is 19.7. The van der Waals surface area contributed by atoms with Crippen LogP contribution in [0.5, 0.6) is 0 Å². The average Bonchev–Trinajstić information content (AvgIpc) is 3.08. The number of halogens is 3. The molecule has 9 heteroatoms. The number of carbonyl (C=O) groups excluding carboxylic acids is 1. The molecule has 4 rings (SSSR count). The lowest BCUT2D eigenvalue weighted by Gasteiger charge is -2.06. The van der Waals surface area contributed by atoms with Crippen LogP contribution in [0.1, 0.15) is 10.4 Å². The van der Waals surface area contributed by atoms with Crippen molar-refractivity contribution < 1.29 is 4.79 Å². The topological polar surface area (TPSA) is 82.7 Å². The molecule has 0 aliphatic heterocycles. The van der Waals surface area contributed by atoms with Gasteiger partial charge in [-0.05, 0) is 58.4 Å². The maximum absolute atomic E-state index is 12.5. The Morgan fingerprint density at radius 2 is 1.86 bits per heavy atom. The number of rotatable bonds is 4. The number of nitrogens with zero attached hydrogens (tertiary/aromatic N) is 2. The Morgan fingerprint density at radius 1 is 1.07 bits per heavy atom. The van der Waals surface area contributed by atoms with Gasteiger partial charge in [0, 0.05) is 16.2 Å². The summed E-state index contributed by atoms with van der Waals surface area (Å²) in [6, 6.07) is 13.9. The molecule has 0 bridgehead atoms. The molecular formula is C19H12BrCl2N5O. The van der Waals surface area contributed by atoms with Crippen molar-refractivity contribution in [2.24, 2.45) is 0 Å².